The number of thioether (sulfide) groups is 1. The van der Waals surface area contributed by atoms with Crippen LogP contribution in [0, 0.1) is 11.3 Å². The van der Waals surface area contributed by atoms with Crippen LogP contribution >= 0.6 is 11.8 Å². The van der Waals surface area contributed by atoms with Crippen LogP contribution in [0.1, 0.15) is 19.3 Å². The zero-order valence-electron chi connectivity index (χ0n) is 5.18. The van der Waals surface area contributed by atoms with Gasteiger partial charge in [0.15, 0.2) is 0 Å². The topological polar surface area (TPSA) is 23.8 Å². The van der Waals surface area contributed by atoms with Crippen molar-refractivity contribution in [2.75, 3.05) is 12.0 Å². The highest BCUT2D eigenvalue weighted by Crippen LogP contribution is 2.00. The summed E-state index contributed by atoms with van der Waals surface area (Å²) < 4.78 is 0. The number of hydrogen-bond acceptors (Lipinski definition) is 2. The molecule has 0 fully saturated rings. The molecule has 0 aromatic rings. The summed E-state index contributed by atoms with van der Waals surface area (Å²) in [6, 6.07) is 2.12. The second-order valence-electron chi connectivity index (χ2n) is 1.61. The Morgan fingerprint density at radius 3 is 2.75 bits per heavy atom. The van der Waals surface area contributed by atoms with Gasteiger partial charge in [-0.3, -0.25) is 0 Å². The third-order valence-corrected chi connectivity index (χ3v) is 1.58. The summed E-state index contributed by atoms with van der Waals surface area (Å²) in [5.74, 6) is 1.20. The Kier molecular flexibility index (Phi) is 6.70. The first kappa shape index (κ1) is 7.84. The van der Waals surface area contributed by atoms with Gasteiger partial charge in [0.25, 0.3) is 0 Å². The molecule has 46 valence electrons. The molecule has 0 rings (SSSR count). The molecule has 0 saturated heterocycles. The molecule has 8 heavy (non-hydrogen) atoms. The minimum Gasteiger partial charge on any atom is -0.198 e. The maximum absolute atomic E-state index is 8.11. The Labute approximate surface area is 55.1 Å². The van der Waals surface area contributed by atoms with Crippen LogP contribution in [0.4, 0.5) is 0 Å². The van der Waals surface area contributed by atoms with Crippen LogP contribution in [0.5, 0.6) is 0 Å². The van der Waals surface area contributed by atoms with Gasteiger partial charge in [0.05, 0.1) is 6.07 Å². The third kappa shape index (κ3) is 5.84. The number of nitrogens with zero attached hydrogens (tertiary/aromatic N) is 1. The van der Waals surface area contributed by atoms with E-state index < -0.39 is 0 Å². The Balaban J connectivity index is 2.65. The molecule has 0 spiro atoms. The zero-order valence-corrected chi connectivity index (χ0v) is 6.00. The monoisotopic (exact) mass is 129 g/mol. The lowest BCUT2D eigenvalue weighted by molar-refractivity contribution is 0.831. The van der Waals surface area contributed by atoms with Crippen molar-refractivity contribution in [3.05, 3.63) is 0 Å². The van der Waals surface area contributed by atoms with Crippen LogP contribution in [0.15, 0.2) is 0 Å². The van der Waals surface area contributed by atoms with Crippen LogP contribution in [0.3, 0.4) is 0 Å². The van der Waals surface area contributed by atoms with E-state index in [0.717, 1.165) is 12.8 Å². The predicted octanol–water partition coefficient (Wildman–Crippen LogP) is 2.04. The van der Waals surface area contributed by atoms with Gasteiger partial charge in [-0.2, -0.15) is 17.0 Å². The summed E-state index contributed by atoms with van der Waals surface area (Å²) in [6.07, 6.45) is 5.07. The van der Waals surface area contributed by atoms with Crippen LogP contribution in [0.2, 0.25) is 0 Å². The van der Waals surface area contributed by atoms with Crippen molar-refractivity contribution in [2.45, 2.75) is 19.3 Å². The molecule has 0 heterocycles. The van der Waals surface area contributed by atoms with Gasteiger partial charge < -0.3 is 0 Å². The van der Waals surface area contributed by atoms with Crippen molar-refractivity contribution in [3.8, 4) is 6.07 Å². The lowest BCUT2D eigenvalue weighted by atomic mass is 10.3. The third-order valence-electron chi connectivity index (χ3n) is 0.887. The smallest absolute Gasteiger partial charge is 0.0621 e. The van der Waals surface area contributed by atoms with E-state index in [1.54, 1.807) is 0 Å². The summed E-state index contributed by atoms with van der Waals surface area (Å²) in [5.41, 5.74) is 0. The van der Waals surface area contributed by atoms with E-state index in [0.29, 0.717) is 0 Å². The fourth-order valence-corrected chi connectivity index (χ4v) is 0.943. The number of unbranched alkanes of at least 4 members (excludes halogenated alkanes) is 2. The maximum atomic E-state index is 8.11. The molecular formula is C6H11NS. The quantitative estimate of drug-likeness (QED) is 0.542. The molecule has 0 aliphatic rings. The Hall–Kier alpha value is -0.160. The number of hydrogen-bond donors (Lipinski definition) is 0. The van der Waals surface area contributed by atoms with Gasteiger partial charge >= 0.3 is 0 Å². The highest BCUT2D eigenvalue weighted by Gasteiger charge is 1.83. The number of nitriles is 1. The van der Waals surface area contributed by atoms with Crippen molar-refractivity contribution in [1.29, 1.82) is 5.26 Å². The SMILES string of the molecule is CSCCCCC#N. The summed E-state index contributed by atoms with van der Waals surface area (Å²) in [6.45, 7) is 0. The van der Waals surface area contributed by atoms with Crippen molar-refractivity contribution in [3.63, 3.8) is 0 Å². The molecule has 1 nitrogen and oxygen atoms in total. The van der Waals surface area contributed by atoms with E-state index in [-0.39, 0.29) is 0 Å². The fourth-order valence-electron chi connectivity index (χ4n) is 0.450. The van der Waals surface area contributed by atoms with Crippen molar-refractivity contribution < 1.29 is 0 Å². The van der Waals surface area contributed by atoms with Crippen LogP contribution in [-0.2, 0) is 0 Å². The second-order valence-corrected chi connectivity index (χ2v) is 2.59. The lowest BCUT2D eigenvalue weighted by Crippen LogP contribution is -1.76. The average Bonchev–Trinajstić information content (AvgIpc) is 1.81. The zero-order chi connectivity index (χ0) is 6.24. The second kappa shape index (κ2) is 6.84. The first-order valence-electron chi connectivity index (χ1n) is 2.77. The van der Waals surface area contributed by atoms with Gasteiger partial charge in [0.1, 0.15) is 0 Å². The summed E-state index contributed by atoms with van der Waals surface area (Å²) in [7, 11) is 0. The maximum Gasteiger partial charge on any atom is 0.0621 e. The van der Waals surface area contributed by atoms with Crippen molar-refractivity contribution >= 4 is 11.8 Å². The van der Waals surface area contributed by atoms with Crippen LogP contribution < -0.4 is 0 Å². The van der Waals surface area contributed by atoms with Crippen molar-refractivity contribution in [1.82, 2.24) is 0 Å². The molecule has 0 saturated carbocycles. The first-order valence-corrected chi connectivity index (χ1v) is 4.17. The van der Waals surface area contributed by atoms with Crippen LogP contribution in [0.25, 0.3) is 0 Å². The van der Waals surface area contributed by atoms with Crippen LogP contribution in [-0.4, -0.2) is 12.0 Å². The summed E-state index contributed by atoms with van der Waals surface area (Å²) >= 11 is 1.84. The molecule has 2 heteroatoms. The van der Waals surface area contributed by atoms with E-state index >= 15 is 0 Å². The van der Waals surface area contributed by atoms with Gasteiger partial charge in [0.2, 0.25) is 0 Å². The molecule has 0 aromatic carbocycles. The molecule has 0 bridgehead atoms. The number of rotatable bonds is 4. The van der Waals surface area contributed by atoms with E-state index in [2.05, 4.69) is 12.3 Å². The highest BCUT2D eigenvalue weighted by atomic mass is 32.2. The fraction of sp³-hybridized carbons (Fsp3) is 0.833. The van der Waals surface area contributed by atoms with Gasteiger partial charge in [-0.25, -0.2) is 0 Å². The molecule has 0 aliphatic heterocycles. The van der Waals surface area contributed by atoms with Crippen molar-refractivity contribution in [2.24, 2.45) is 0 Å². The Bertz CT molecular complexity index is 75.1. The largest absolute Gasteiger partial charge is 0.198 e. The minimum atomic E-state index is 0.723. The predicted molar refractivity (Wildman–Crippen MR) is 37.8 cm³/mol. The highest BCUT2D eigenvalue weighted by molar-refractivity contribution is 7.98. The van der Waals surface area contributed by atoms with Gasteiger partial charge in [-0.1, -0.05) is 0 Å². The Morgan fingerprint density at radius 1 is 1.50 bits per heavy atom. The molecule has 0 radical (unpaired) electrons. The molecule has 0 unspecified atom stereocenters. The van der Waals surface area contributed by atoms with E-state index in [9.17, 15) is 0 Å². The average molecular weight is 129 g/mol. The molecule has 0 N–H and O–H groups in total. The molecule has 0 amide bonds. The van der Waals surface area contributed by atoms with Gasteiger partial charge in [0, 0.05) is 6.42 Å². The standard InChI is InChI=1S/C6H11NS/c1-8-6-4-2-3-5-7/h2-4,6H2,1H3. The molecule has 0 aromatic heterocycles. The van der Waals surface area contributed by atoms with E-state index in [4.69, 9.17) is 5.26 Å². The van der Waals surface area contributed by atoms with E-state index in [1.165, 1.54) is 12.2 Å². The van der Waals surface area contributed by atoms with E-state index in [1.807, 2.05) is 11.8 Å². The molecular weight excluding hydrogens is 118 g/mol. The molecule has 0 atom stereocenters. The molecule has 0 aliphatic carbocycles. The minimum absolute atomic E-state index is 0.723. The first-order chi connectivity index (χ1) is 3.91. The lowest BCUT2D eigenvalue weighted by Gasteiger charge is -1.89. The Morgan fingerprint density at radius 2 is 2.25 bits per heavy atom. The van der Waals surface area contributed by atoms with Gasteiger partial charge in [-0.05, 0) is 24.9 Å². The summed E-state index contributed by atoms with van der Waals surface area (Å²) in [5, 5.41) is 8.11. The normalized spacial score (nSPS) is 8.50. The van der Waals surface area contributed by atoms with Gasteiger partial charge in [-0.15, -0.1) is 0 Å². The summed E-state index contributed by atoms with van der Waals surface area (Å²) in [4.78, 5) is 0.